The van der Waals surface area contributed by atoms with Gasteiger partial charge in [0.15, 0.2) is 0 Å². The average Bonchev–Trinajstić information content (AvgIpc) is 3.13. The third-order valence-corrected chi connectivity index (χ3v) is 6.42. The van der Waals surface area contributed by atoms with Crippen LogP contribution in [0.3, 0.4) is 0 Å². The molecule has 1 fully saturated rings. The number of benzene rings is 2. The van der Waals surface area contributed by atoms with Crippen molar-refractivity contribution in [3.63, 3.8) is 0 Å². The van der Waals surface area contributed by atoms with Gasteiger partial charge < -0.3 is 9.64 Å². The van der Waals surface area contributed by atoms with E-state index in [1.54, 1.807) is 12.3 Å². The Kier molecular flexibility index (Phi) is 7.17. The van der Waals surface area contributed by atoms with E-state index in [1.807, 2.05) is 32.9 Å². The predicted octanol–water partition coefficient (Wildman–Crippen LogP) is 6.68. The third kappa shape index (κ3) is 6.09. The molecule has 4 rings (SSSR count). The van der Waals surface area contributed by atoms with Crippen molar-refractivity contribution in [2.75, 3.05) is 4.90 Å². The highest BCUT2D eigenvalue weighted by Gasteiger charge is 2.44. The van der Waals surface area contributed by atoms with E-state index in [1.165, 1.54) is 29.2 Å². The zero-order valence-electron chi connectivity index (χ0n) is 20.7. The first-order chi connectivity index (χ1) is 17.6. The molecule has 38 heavy (non-hydrogen) atoms. The van der Waals surface area contributed by atoms with Gasteiger partial charge in [-0.25, -0.2) is 0 Å². The number of hydrogen-bond donors (Lipinski definition) is 1. The Balaban J connectivity index is 1.70. The molecular weight excluding hydrogens is 512 g/mol. The van der Waals surface area contributed by atoms with Crippen LogP contribution >= 0.6 is 0 Å². The molecule has 202 valence electrons. The highest BCUT2D eigenvalue weighted by Crippen LogP contribution is 2.41. The van der Waals surface area contributed by atoms with Gasteiger partial charge in [-0.1, -0.05) is 18.2 Å². The number of aromatic nitrogens is 1. The van der Waals surface area contributed by atoms with Crippen LogP contribution in [0.15, 0.2) is 66.9 Å². The molecule has 1 N–H and O–H groups in total. The van der Waals surface area contributed by atoms with Crippen LogP contribution in [-0.4, -0.2) is 23.3 Å². The van der Waals surface area contributed by atoms with E-state index in [0.717, 1.165) is 29.5 Å². The molecule has 0 bridgehead atoms. The van der Waals surface area contributed by atoms with Crippen LogP contribution in [0.4, 0.5) is 32.0 Å². The number of nitrogens with one attached hydrogen (secondary N) is 1. The second-order valence-electron chi connectivity index (χ2n) is 9.63. The molecule has 0 unspecified atom stereocenters. The molecule has 0 spiro atoms. The Labute approximate surface area is 215 Å². The first kappa shape index (κ1) is 27.4. The van der Waals surface area contributed by atoms with Gasteiger partial charge in [0.25, 0.3) is 0 Å². The molecule has 3 aromatic rings. The van der Waals surface area contributed by atoms with Crippen LogP contribution in [0.25, 0.3) is 0 Å². The van der Waals surface area contributed by atoms with Gasteiger partial charge in [-0.2, -0.15) is 13.2 Å². The molecule has 1 saturated heterocycles. The summed E-state index contributed by atoms with van der Waals surface area (Å²) in [5, 5.41) is 3.31. The third-order valence-electron chi connectivity index (χ3n) is 6.42. The number of anilines is 1. The second kappa shape index (κ2) is 9.94. The van der Waals surface area contributed by atoms with Crippen molar-refractivity contribution in [2.45, 2.75) is 57.4 Å². The van der Waals surface area contributed by atoms with Crippen LogP contribution in [0.1, 0.15) is 48.7 Å². The minimum absolute atomic E-state index is 0.151. The van der Waals surface area contributed by atoms with Gasteiger partial charge in [0.2, 0.25) is 5.91 Å². The molecule has 0 aliphatic carbocycles. The number of ether oxygens (including phenoxy) is 1. The van der Waals surface area contributed by atoms with Crippen LogP contribution in [0.5, 0.6) is 5.75 Å². The summed E-state index contributed by atoms with van der Waals surface area (Å²) in [6, 6.07) is 11.5. The SMILES string of the molecule is Cc1ccc(C(C)(C)N[C@@H]2C[C@H](c3cccc(OC(F)(F)F)c3)N(c3ccc(C(F)(F)F)cc3)C2=O)cn1. The first-order valence-corrected chi connectivity index (χ1v) is 11.7. The van der Waals surface area contributed by atoms with Gasteiger partial charge in [-0.3, -0.25) is 15.1 Å². The van der Waals surface area contributed by atoms with Gasteiger partial charge in [-0.15, -0.1) is 13.2 Å². The fourth-order valence-corrected chi connectivity index (χ4v) is 4.55. The van der Waals surface area contributed by atoms with Crippen molar-refractivity contribution >= 4 is 11.6 Å². The number of pyridine rings is 1. The van der Waals surface area contributed by atoms with E-state index in [0.29, 0.717) is 5.56 Å². The fourth-order valence-electron chi connectivity index (χ4n) is 4.55. The molecule has 2 atom stereocenters. The number of nitrogens with zero attached hydrogens (tertiary/aromatic N) is 2. The molecule has 1 amide bonds. The summed E-state index contributed by atoms with van der Waals surface area (Å²) < 4.78 is 81.9. The van der Waals surface area contributed by atoms with Crippen molar-refractivity contribution in [3.05, 3.63) is 89.2 Å². The summed E-state index contributed by atoms with van der Waals surface area (Å²) in [5.41, 5.74) is 0.557. The van der Waals surface area contributed by atoms with Gasteiger partial charge in [0, 0.05) is 23.1 Å². The highest BCUT2D eigenvalue weighted by atomic mass is 19.4. The van der Waals surface area contributed by atoms with Gasteiger partial charge in [-0.05, 0) is 80.8 Å². The van der Waals surface area contributed by atoms with Crippen LogP contribution in [0, 0.1) is 6.92 Å². The number of carbonyl (C=O) groups excluding carboxylic acids is 1. The van der Waals surface area contributed by atoms with Gasteiger partial charge in [0.1, 0.15) is 5.75 Å². The van der Waals surface area contributed by atoms with E-state index in [-0.39, 0.29) is 12.1 Å². The van der Waals surface area contributed by atoms with E-state index in [4.69, 9.17) is 0 Å². The smallest absolute Gasteiger partial charge is 0.406 e. The predicted molar refractivity (Wildman–Crippen MR) is 128 cm³/mol. The van der Waals surface area contributed by atoms with Crippen molar-refractivity contribution in [1.82, 2.24) is 10.3 Å². The largest absolute Gasteiger partial charge is 0.573 e. The number of amides is 1. The Morgan fingerprint density at radius 1 is 0.947 bits per heavy atom. The molecule has 11 heteroatoms. The summed E-state index contributed by atoms with van der Waals surface area (Å²) in [4.78, 5) is 19.3. The lowest BCUT2D eigenvalue weighted by Gasteiger charge is -2.30. The summed E-state index contributed by atoms with van der Waals surface area (Å²) in [6.45, 7) is 5.56. The summed E-state index contributed by atoms with van der Waals surface area (Å²) >= 11 is 0. The monoisotopic (exact) mass is 537 g/mol. The fraction of sp³-hybridized carbons (Fsp3) is 0.333. The quantitative estimate of drug-likeness (QED) is 0.357. The van der Waals surface area contributed by atoms with E-state index in [2.05, 4.69) is 15.0 Å². The Bertz CT molecular complexity index is 1290. The van der Waals surface area contributed by atoms with Crippen LogP contribution < -0.4 is 15.0 Å². The van der Waals surface area contributed by atoms with Crippen molar-refractivity contribution < 1.29 is 35.9 Å². The summed E-state index contributed by atoms with van der Waals surface area (Å²) in [6.07, 6.45) is -7.64. The molecule has 2 heterocycles. The Hall–Kier alpha value is -3.60. The molecule has 0 radical (unpaired) electrons. The molecule has 1 aromatic heterocycles. The number of rotatable bonds is 6. The number of hydrogen-bond acceptors (Lipinski definition) is 4. The standard InChI is InChI=1S/C27H25F6N3O2/c1-16-7-8-19(15-34-16)25(2,3)35-22-14-23(17-5-4-6-21(13-17)38-27(31,32)33)36(24(22)37)20-11-9-18(10-12-20)26(28,29)30/h4-13,15,22-23,35H,14H2,1-3H3/t22-,23-/m1/s1. The number of carbonyl (C=O) groups is 1. The van der Waals surface area contributed by atoms with Crippen molar-refractivity contribution in [1.29, 1.82) is 0 Å². The summed E-state index contributed by atoms with van der Waals surface area (Å²) in [7, 11) is 0. The van der Waals surface area contributed by atoms with Crippen molar-refractivity contribution in [3.8, 4) is 5.75 Å². The maximum atomic E-state index is 13.7. The lowest BCUT2D eigenvalue weighted by atomic mass is 9.93. The van der Waals surface area contributed by atoms with E-state index >= 15 is 0 Å². The van der Waals surface area contributed by atoms with Crippen LogP contribution in [0.2, 0.25) is 0 Å². The number of aryl methyl sites for hydroxylation is 1. The normalized spacial score (nSPS) is 18.7. The average molecular weight is 538 g/mol. The maximum absolute atomic E-state index is 13.7. The number of alkyl halides is 6. The van der Waals surface area contributed by atoms with E-state index < -0.39 is 47.4 Å². The maximum Gasteiger partial charge on any atom is 0.573 e. The molecule has 0 saturated carbocycles. The first-order valence-electron chi connectivity index (χ1n) is 11.7. The van der Waals surface area contributed by atoms with Gasteiger partial charge >= 0.3 is 12.5 Å². The molecular formula is C27H25F6N3O2. The zero-order chi connectivity index (χ0) is 27.9. The van der Waals surface area contributed by atoms with Crippen molar-refractivity contribution in [2.24, 2.45) is 0 Å². The summed E-state index contributed by atoms with van der Waals surface area (Å²) in [5.74, 6) is -0.887. The van der Waals surface area contributed by atoms with E-state index in [9.17, 15) is 31.1 Å². The van der Waals surface area contributed by atoms with Gasteiger partial charge in [0.05, 0.1) is 17.6 Å². The molecule has 1 aliphatic heterocycles. The van der Waals surface area contributed by atoms with Crippen LogP contribution in [-0.2, 0) is 16.5 Å². The Morgan fingerprint density at radius 2 is 1.61 bits per heavy atom. The molecule has 2 aromatic carbocycles. The second-order valence-corrected chi connectivity index (χ2v) is 9.63. The highest BCUT2D eigenvalue weighted by molar-refractivity contribution is 6.00. The minimum atomic E-state index is -4.91. The number of halogens is 6. The molecule has 5 nitrogen and oxygen atoms in total. The zero-order valence-corrected chi connectivity index (χ0v) is 20.7. The topological polar surface area (TPSA) is 54.5 Å². The lowest BCUT2D eigenvalue weighted by Crippen LogP contribution is -2.47. The lowest BCUT2D eigenvalue weighted by molar-refractivity contribution is -0.274. The molecule has 1 aliphatic rings. The Morgan fingerprint density at radius 3 is 2.18 bits per heavy atom. The minimum Gasteiger partial charge on any atom is -0.406 e.